The standard InChI is InChI=1S/C126H75N11S2/c1-5-27-76(28-6-1)121-127-122(77-29-7-2-8-30-77)130-125(129-121)103-69-80(51-62-112(103)136-110-47-25-18-40-94(110)100-73-86(57-64-111(100)136)133-105-42-20-13-35-89(105)90-36-14-21-43-106(90)133)83-54-66-119-102(68-83)99-59-50-85(72-120(99)139-119)84-49-58-95-93-39-17-24-46-109(93)135(114(95)71-84)88-56-61-97-96-60-55-87(134-107-44-22-15-37-91(107)92-38-16-23-45-108(92)134)74-115(96)137(116(97)75-88)113-63-52-81(82-53-65-118-101(67-82)98-41-19-26-48-117(98)138-118)70-104(113)126-131-123(78-31-9-3-10-32-78)128-124(132-126)79-33-11-4-12-34-79/h1-75H. The number of thiophene rings is 2. The average molecular weight is 1810 g/mol. The second-order valence-corrected chi connectivity index (χ2v) is 38.2. The Morgan fingerprint density at radius 3 is 0.842 bits per heavy atom. The zero-order chi connectivity index (χ0) is 91.0. The van der Waals surface area contributed by atoms with Gasteiger partial charge in [-0.2, -0.15) is 0 Å². The van der Waals surface area contributed by atoms with E-state index in [9.17, 15) is 0 Å². The first kappa shape index (κ1) is 78.4. The Hall–Kier alpha value is -18.1. The van der Waals surface area contributed by atoms with Crippen LogP contribution in [-0.4, -0.2) is 52.7 Å². The van der Waals surface area contributed by atoms with Crippen LogP contribution in [0.25, 0.3) is 280 Å². The highest BCUT2D eigenvalue weighted by Gasteiger charge is 2.28. The van der Waals surface area contributed by atoms with Crippen LogP contribution in [0.3, 0.4) is 0 Å². The van der Waals surface area contributed by atoms with Gasteiger partial charge in [0.25, 0.3) is 0 Å². The fourth-order valence-electron chi connectivity index (χ4n) is 21.8. The molecule has 0 saturated heterocycles. The summed E-state index contributed by atoms with van der Waals surface area (Å²) in [6, 6.07) is 165. The first-order chi connectivity index (χ1) is 68.9. The van der Waals surface area contributed by atoms with Gasteiger partial charge in [0.05, 0.1) is 66.5 Å². The van der Waals surface area contributed by atoms with Gasteiger partial charge in [-0.15, -0.1) is 22.7 Å². The monoisotopic (exact) mass is 1810 g/mol. The molecule has 0 fully saturated rings. The molecule has 0 aliphatic rings. The second-order valence-electron chi connectivity index (χ2n) is 36.0. The Balaban J connectivity index is 0.590. The lowest BCUT2D eigenvalue weighted by Gasteiger charge is -2.17. The maximum atomic E-state index is 5.60. The van der Waals surface area contributed by atoms with Gasteiger partial charge in [0.15, 0.2) is 34.9 Å². The minimum Gasteiger partial charge on any atom is -0.309 e. The normalized spacial score (nSPS) is 12.0. The van der Waals surface area contributed by atoms with E-state index in [0.717, 1.165) is 166 Å². The summed E-state index contributed by atoms with van der Waals surface area (Å²) in [5.41, 5.74) is 27.8. The van der Waals surface area contributed by atoms with Crippen LogP contribution < -0.4 is 0 Å². The van der Waals surface area contributed by atoms with Gasteiger partial charge in [-0.3, -0.25) is 0 Å². The number of hydrogen-bond acceptors (Lipinski definition) is 8. The van der Waals surface area contributed by atoms with Crippen molar-refractivity contribution in [2.24, 2.45) is 0 Å². The number of nitrogens with zero attached hydrogens (tertiary/aromatic N) is 11. The fourth-order valence-corrected chi connectivity index (χ4v) is 24.0. The van der Waals surface area contributed by atoms with Gasteiger partial charge in [0.2, 0.25) is 0 Å². The molecular weight excluding hydrogens is 1730 g/mol. The van der Waals surface area contributed by atoms with Crippen LogP contribution in [0.15, 0.2) is 455 Å². The van der Waals surface area contributed by atoms with Crippen molar-refractivity contribution >= 4 is 172 Å². The highest BCUT2D eigenvalue weighted by Crippen LogP contribution is 2.49. The van der Waals surface area contributed by atoms with E-state index in [4.69, 9.17) is 29.9 Å². The molecule has 0 aliphatic heterocycles. The summed E-state index contributed by atoms with van der Waals surface area (Å²) in [4.78, 5) is 32.7. The number of benzene rings is 20. The first-order valence-electron chi connectivity index (χ1n) is 46.9. The van der Waals surface area contributed by atoms with Crippen LogP contribution >= 0.6 is 22.7 Å². The third-order valence-electron chi connectivity index (χ3n) is 28.2. The molecule has 11 nitrogen and oxygen atoms in total. The average Bonchev–Trinajstić information content (AvgIpc) is 1.56. The van der Waals surface area contributed by atoms with Gasteiger partial charge < -0.3 is 22.8 Å². The maximum absolute atomic E-state index is 5.60. The fraction of sp³-hybridized carbons (Fsp3) is 0. The molecule has 0 atom stereocenters. The largest absolute Gasteiger partial charge is 0.309 e. The van der Waals surface area contributed by atoms with Gasteiger partial charge in [-0.1, -0.05) is 309 Å². The van der Waals surface area contributed by atoms with Crippen molar-refractivity contribution < 1.29 is 0 Å². The lowest BCUT2D eigenvalue weighted by Crippen LogP contribution is -2.04. The van der Waals surface area contributed by atoms with Crippen molar-refractivity contribution in [1.82, 2.24) is 52.7 Å². The molecule has 0 unspecified atom stereocenters. The summed E-state index contributed by atoms with van der Waals surface area (Å²) >= 11 is 3.67. The highest BCUT2D eigenvalue weighted by molar-refractivity contribution is 7.26. The van der Waals surface area contributed by atoms with E-state index in [2.05, 4.69) is 429 Å². The third-order valence-corrected chi connectivity index (χ3v) is 30.5. The number of fused-ring (bicyclic) bond motifs is 21. The van der Waals surface area contributed by atoms with Gasteiger partial charge in [-0.25, -0.2) is 29.9 Å². The van der Waals surface area contributed by atoms with E-state index in [0.29, 0.717) is 34.9 Å². The molecule has 29 aromatic rings. The summed E-state index contributed by atoms with van der Waals surface area (Å²) in [6.07, 6.45) is 0. The van der Waals surface area contributed by atoms with Crippen LogP contribution in [0.5, 0.6) is 0 Å². The van der Waals surface area contributed by atoms with Gasteiger partial charge in [0.1, 0.15) is 0 Å². The zero-order valence-corrected chi connectivity index (χ0v) is 76.2. The van der Waals surface area contributed by atoms with Crippen molar-refractivity contribution in [2.45, 2.75) is 0 Å². The molecule has 139 heavy (non-hydrogen) atoms. The maximum Gasteiger partial charge on any atom is 0.166 e. The van der Waals surface area contributed by atoms with Crippen LogP contribution in [0.2, 0.25) is 0 Å². The molecule has 0 radical (unpaired) electrons. The molecule has 0 spiro atoms. The number of para-hydroxylation sites is 6. The Bertz CT molecular complexity index is 9960. The van der Waals surface area contributed by atoms with Gasteiger partial charge in [-0.05, 0) is 179 Å². The van der Waals surface area contributed by atoms with Crippen molar-refractivity contribution in [3.63, 3.8) is 0 Å². The minimum absolute atomic E-state index is 0.554. The summed E-state index contributed by atoms with van der Waals surface area (Å²) in [6.45, 7) is 0. The van der Waals surface area contributed by atoms with E-state index < -0.39 is 0 Å². The van der Waals surface area contributed by atoms with Crippen LogP contribution in [0.1, 0.15) is 0 Å². The summed E-state index contributed by atoms with van der Waals surface area (Å²) in [5, 5.41) is 16.5. The van der Waals surface area contributed by atoms with Crippen LogP contribution in [0, 0.1) is 0 Å². The first-order valence-corrected chi connectivity index (χ1v) is 48.6. The molecule has 0 saturated carbocycles. The SMILES string of the molecule is c1ccc(-c2nc(-c3ccccc3)nc(-c3cc(-c4ccc5sc6cc(-c7ccc8c9ccccc9n(-c9ccc%10c%11ccc(-n%12c%13ccccc%13c%13ccccc%13%12)cc%11n(-c%11ccc(-c%12ccc%13sc%14ccccc%14c%13c%12)cc%11-c%11nc(-c%12ccccc%12)nc(-c%12ccccc%12)n%11)c%10c9)c8c7)ccc6c5c4)ccc3-n3c4ccccc4c4cc(-n5c6ccccc6c6ccccc65)ccc43)n2)cc1. The second kappa shape index (κ2) is 31.2. The Morgan fingerprint density at radius 2 is 0.403 bits per heavy atom. The number of rotatable bonds is 14. The lowest BCUT2D eigenvalue weighted by molar-refractivity contribution is 1.06. The molecule has 13 heteroatoms. The van der Waals surface area contributed by atoms with E-state index in [1.54, 1.807) is 0 Å². The predicted octanol–water partition coefficient (Wildman–Crippen LogP) is 33.3. The van der Waals surface area contributed by atoms with E-state index in [1.165, 1.54) is 78.3 Å². The van der Waals surface area contributed by atoms with Crippen molar-refractivity contribution in [3.8, 4) is 130 Å². The molecule has 0 aliphatic carbocycles. The molecule has 20 aromatic carbocycles. The third kappa shape index (κ3) is 12.6. The Morgan fingerprint density at radius 1 is 0.137 bits per heavy atom. The number of aromatic nitrogens is 11. The molecule has 9 heterocycles. The molecule has 0 amide bonds. The summed E-state index contributed by atoms with van der Waals surface area (Å²) < 4.78 is 17.1. The molecule has 646 valence electrons. The smallest absolute Gasteiger partial charge is 0.166 e. The molecule has 9 aromatic heterocycles. The highest BCUT2D eigenvalue weighted by atomic mass is 32.1. The van der Waals surface area contributed by atoms with E-state index in [-0.39, 0.29) is 0 Å². The number of hydrogen-bond donors (Lipinski definition) is 0. The topological polar surface area (TPSA) is 102 Å². The van der Waals surface area contributed by atoms with E-state index in [1.807, 2.05) is 71.2 Å². The van der Waals surface area contributed by atoms with Gasteiger partial charge in [0, 0.05) is 145 Å². The minimum atomic E-state index is 0.554. The van der Waals surface area contributed by atoms with Gasteiger partial charge >= 0.3 is 0 Å². The van der Waals surface area contributed by atoms with E-state index >= 15 is 0 Å². The summed E-state index contributed by atoms with van der Waals surface area (Å²) in [7, 11) is 0. The Kier molecular flexibility index (Phi) is 17.6. The predicted molar refractivity (Wildman–Crippen MR) is 580 cm³/mol. The van der Waals surface area contributed by atoms with Crippen molar-refractivity contribution in [1.29, 1.82) is 0 Å². The Labute approximate surface area is 803 Å². The van der Waals surface area contributed by atoms with Crippen LogP contribution in [-0.2, 0) is 0 Å². The molecule has 0 N–H and O–H groups in total. The van der Waals surface area contributed by atoms with Crippen molar-refractivity contribution in [3.05, 3.63) is 455 Å². The molecular formula is C126H75N11S2. The molecule has 29 rings (SSSR count). The lowest BCUT2D eigenvalue weighted by atomic mass is 9.98. The van der Waals surface area contributed by atoms with Crippen molar-refractivity contribution in [2.75, 3.05) is 0 Å². The van der Waals surface area contributed by atoms with Crippen LogP contribution in [0.4, 0.5) is 0 Å². The quantitative estimate of drug-likeness (QED) is 0.107. The summed E-state index contributed by atoms with van der Waals surface area (Å²) in [5.74, 6) is 3.48. The zero-order valence-electron chi connectivity index (χ0n) is 74.5. The molecule has 0 bridgehead atoms.